The van der Waals surface area contributed by atoms with Crippen LogP contribution in [0.5, 0.6) is 11.5 Å². The predicted molar refractivity (Wildman–Crippen MR) is 139 cm³/mol. The maximum Gasteiger partial charge on any atom is 0.268 e. The molecule has 1 aromatic heterocycles. The van der Waals surface area contributed by atoms with Gasteiger partial charge in [-0.1, -0.05) is 24.3 Å². The van der Waals surface area contributed by atoms with Crippen molar-refractivity contribution in [3.8, 4) is 11.5 Å². The van der Waals surface area contributed by atoms with E-state index in [0.29, 0.717) is 33.5 Å². The summed E-state index contributed by atoms with van der Waals surface area (Å²) in [5.41, 5.74) is 3.13. The molecular weight excluding hydrogens is 478 g/mol. The zero-order valence-electron chi connectivity index (χ0n) is 19.9. The predicted octanol–water partition coefficient (Wildman–Crippen LogP) is 4.09. The van der Waals surface area contributed by atoms with Gasteiger partial charge in [-0.05, 0) is 49.4 Å². The second kappa shape index (κ2) is 8.39. The van der Waals surface area contributed by atoms with Crippen LogP contribution in [0.3, 0.4) is 0 Å². The van der Waals surface area contributed by atoms with Gasteiger partial charge in [-0.3, -0.25) is 4.79 Å². The van der Waals surface area contributed by atoms with Crippen LogP contribution in [-0.4, -0.2) is 57.1 Å². The number of likely N-dealkylation sites (N-methyl/N-ethyl adjacent to an activating group) is 1. The molecule has 4 aromatic rings. The standard InChI is InChI=1S/C27H25N3O5S/c1-29-12-10-17(11-13-29)22-15-30(24-9-6-18(34-2)14-21(22)24)36(32,33)25-5-3-4-20-19(25)7-8-23-27(20)35-16-26(31)28-23/h3-10,14-15H,11-13,16H2,1-2H3,(H,28,31). The fourth-order valence-electron chi connectivity index (χ4n) is 4.99. The molecule has 0 atom stereocenters. The normalized spacial score (nSPS) is 16.4. The number of hydrogen-bond donors (Lipinski definition) is 1. The number of anilines is 1. The summed E-state index contributed by atoms with van der Waals surface area (Å²) < 4.78 is 40.8. The molecule has 0 radical (unpaired) electrons. The van der Waals surface area contributed by atoms with Crippen molar-refractivity contribution in [2.45, 2.75) is 11.3 Å². The molecule has 0 fully saturated rings. The minimum absolute atomic E-state index is 0.110. The summed E-state index contributed by atoms with van der Waals surface area (Å²) in [4.78, 5) is 14.1. The molecule has 36 heavy (non-hydrogen) atoms. The Labute approximate surface area is 208 Å². The highest BCUT2D eigenvalue weighted by Gasteiger charge is 2.27. The molecular formula is C27H25N3O5S. The Morgan fingerprint density at radius 1 is 1.06 bits per heavy atom. The molecule has 1 N–H and O–H groups in total. The summed E-state index contributed by atoms with van der Waals surface area (Å²) >= 11 is 0. The molecule has 3 aromatic carbocycles. The number of benzene rings is 3. The Balaban J connectivity index is 1.56. The average molecular weight is 504 g/mol. The number of amides is 1. The van der Waals surface area contributed by atoms with E-state index < -0.39 is 10.0 Å². The van der Waals surface area contributed by atoms with Gasteiger partial charge in [0.05, 0.1) is 23.2 Å². The zero-order valence-corrected chi connectivity index (χ0v) is 20.8. The van der Waals surface area contributed by atoms with Crippen LogP contribution in [0.4, 0.5) is 5.69 Å². The largest absolute Gasteiger partial charge is 0.497 e. The van der Waals surface area contributed by atoms with Crippen molar-refractivity contribution in [3.05, 3.63) is 66.4 Å². The maximum atomic E-state index is 14.2. The van der Waals surface area contributed by atoms with Crippen molar-refractivity contribution in [2.75, 3.05) is 39.2 Å². The highest BCUT2D eigenvalue weighted by Crippen LogP contribution is 2.40. The number of nitrogens with zero attached hydrogens (tertiary/aromatic N) is 2. The van der Waals surface area contributed by atoms with Gasteiger partial charge in [-0.15, -0.1) is 0 Å². The van der Waals surface area contributed by atoms with Gasteiger partial charge < -0.3 is 19.7 Å². The van der Waals surface area contributed by atoms with Crippen LogP contribution in [0.2, 0.25) is 0 Å². The van der Waals surface area contributed by atoms with E-state index in [1.807, 2.05) is 6.07 Å². The van der Waals surface area contributed by atoms with Crippen molar-refractivity contribution in [2.24, 2.45) is 0 Å². The second-order valence-corrected chi connectivity index (χ2v) is 10.9. The van der Waals surface area contributed by atoms with E-state index in [4.69, 9.17) is 9.47 Å². The molecule has 0 unspecified atom stereocenters. The first kappa shape index (κ1) is 22.6. The van der Waals surface area contributed by atoms with Crippen LogP contribution in [0.15, 0.2) is 65.7 Å². The van der Waals surface area contributed by atoms with Crippen LogP contribution in [-0.2, 0) is 14.8 Å². The average Bonchev–Trinajstić information content (AvgIpc) is 3.28. The van der Waals surface area contributed by atoms with Crippen molar-refractivity contribution in [1.29, 1.82) is 0 Å². The quantitative estimate of drug-likeness (QED) is 0.451. The van der Waals surface area contributed by atoms with E-state index in [1.54, 1.807) is 55.8 Å². The topological polar surface area (TPSA) is 89.9 Å². The Morgan fingerprint density at radius 3 is 2.69 bits per heavy atom. The first-order valence-electron chi connectivity index (χ1n) is 11.7. The van der Waals surface area contributed by atoms with E-state index in [0.717, 1.165) is 36.0 Å². The van der Waals surface area contributed by atoms with Gasteiger partial charge in [-0.2, -0.15) is 0 Å². The van der Waals surface area contributed by atoms with Gasteiger partial charge in [0.15, 0.2) is 12.4 Å². The van der Waals surface area contributed by atoms with Gasteiger partial charge in [-0.25, -0.2) is 12.4 Å². The number of hydrogen-bond acceptors (Lipinski definition) is 6. The summed E-state index contributed by atoms with van der Waals surface area (Å²) in [6.45, 7) is 1.60. The zero-order chi connectivity index (χ0) is 25.0. The SMILES string of the molecule is COc1ccc2c(c1)c(C1=CCN(C)CC1)cn2S(=O)(=O)c1cccc2c3c(ccc12)NC(=O)CO3. The van der Waals surface area contributed by atoms with Gasteiger partial charge >= 0.3 is 0 Å². The van der Waals surface area contributed by atoms with Crippen LogP contribution >= 0.6 is 0 Å². The third-order valence-electron chi connectivity index (χ3n) is 6.87. The molecule has 0 saturated heterocycles. The highest BCUT2D eigenvalue weighted by molar-refractivity contribution is 7.90. The lowest BCUT2D eigenvalue weighted by molar-refractivity contribution is -0.118. The van der Waals surface area contributed by atoms with E-state index in [2.05, 4.69) is 23.3 Å². The molecule has 2 aliphatic heterocycles. The number of ether oxygens (including phenoxy) is 2. The third kappa shape index (κ3) is 3.54. The molecule has 8 nitrogen and oxygen atoms in total. The van der Waals surface area contributed by atoms with Crippen LogP contribution in [0.1, 0.15) is 12.0 Å². The Bertz CT molecular complexity index is 1690. The molecule has 184 valence electrons. The number of rotatable bonds is 4. The monoisotopic (exact) mass is 503 g/mol. The molecule has 0 saturated carbocycles. The number of carbonyl (C=O) groups excluding carboxylic acids is 1. The van der Waals surface area contributed by atoms with Crippen molar-refractivity contribution < 1.29 is 22.7 Å². The summed E-state index contributed by atoms with van der Waals surface area (Å²) in [7, 11) is -0.313. The van der Waals surface area contributed by atoms with Gasteiger partial charge in [0.1, 0.15) is 5.75 Å². The fraction of sp³-hybridized carbons (Fsp3) is 0.222. The van der Waals surface area contributed by atoms with E-state index in [-0.39, 0.29) is 17.4 Å². The molecule has 1 amide bonds. The fourth-order valence-corrected chi connectivity index (χ4v) is 6.57. The molecule has 0 bridgehead atoms. The van der Waals surface area contributed by atoms with E-state index in [1.165, 1.54) is 3.97 Å². The lowest BCUT2D eigenvalue weighted by Crippen LogP contribution is -2.25. The molecule has 0 spiro atoms. The van der Waals surface area contributed by atoms with Crippen molar-refractivity contribution in [1.82, 2.24) is 8.87 Å². The highest BCUT2D eigenvalue weighted by atomic mass is 32.2. The number of nitrogens with one attached hydrogen (secondary N) is 1. The third-order valence-corrected chi connectivity index (χ3v) is 8.60. The second-order valence-electron chi connectivity index (χ2n) is 9.10. The number of methoxy groups -OCH3 is 1. The van der Waals surface area contributed by atoms with Gasteiger partial charge in [0.25, 0.3) is 15.9 Å². The molecule has 3 heterocycles. The summed E-state index contributed by atoms with van der Waals surface area (Å²) in [6, 6.07) is 14.0. The maximum absolute atomic E-state index is 14.2. The minimum atomic E-state index is -3.98. The number of carbonyl (C=O) groups is 1. The summed E-state index contributed by atoms with van der Waals surface area (Å²) in [5, 5.41) is 4.77. The van der Waals surface area contributed by atoms with Crippen LogP contribution in [0.25, 0.3) is 27.2 Å². The first-order chi connectivity index (χ1) is 17.4. The van der Waals surface area contributed by atoms with E-state index in [9.17, 15) is 13.2 Å². The Hall–Kier alpha value is -3.82. The van der Waals surface area contributed by atoms with Crippen LogP contribution < -0.4 is 14.8 Å². The molecule has 9 heteroatoms. The lowest BCUT2D eigenvalue weighted by atomic mass is 9.99. The van der Waals surface area contributed by atoms with Gasteiger partial charge in [0, 0.05) is 41.0 Å². The van der Waals surface area contributed by atoms with E-state index >= 15 is 0 Å². The molecule has 2 aliphatic rings. The molecule has 0 aliphatic carbocycles. The summed E-state index contributed by atoms with van der Waals surface area (Å²) in [6.07, 6.45) is 4.71. The Kier molecular flexibility index (Phi) is 5.27. The molecule has 6 rings (SSSR count). The van der Waals surface area contributed by atoms with Crippen molar-refractivity contribution in [3.63, 3.8) is 0 Å². The number of fused-ring (bicyclic) bond motifs is 4. The summed E-state index contributed by atoms with van der Waals surface area (Å²) in [5.74, 6) is 0.905. The first-order valence-corrected chi connectivity index (χ1v) is 13.1. The van der Waals surface area contributed by atoms with Gasteiger partial charge in [0.2, 0.25) is 0 Å². The number of aromatic nitrogens is 1. The lowest BCUT2D eigenvalue weighted by Gasteiger charge is -2.21. The smallest absolute Gasteiger partial charge is 0.268 e. The van der Waals surface area contributed by atoms with Crippen LogP contribution in [0, 0.1) is 0 Å². The minimum Gasteiger partial charge on any atom is -0.497 e. The Morgan fingerprint density at radius 2 is 1.92 bits per heavy atom. The van der Waals surface area contributed by atoms with Crippen molar-refractivity contribution >= 4 is 48.9 Å².